The van der Waals surface area contributed by atoms with Crippen molar-refractivity contribution in [3.8, 4) is 0 Å². The van der Waals surface area contributed by atoms with Crippen LogP contribution in [-0.4, -0.2) is 20.9 Å². The molecule has 1 amide bonds. The van der Waals surface area contributed by atoms with Crippen LogP contribution in [0.2, 0.25) is 0 Å². The van der Waals surface area contributed by atoms with Gasteiger partial charge in [-0.2, -0.15) is 0 Å². The lowest BCUT2D eigenvalue weighted by molar-refractivity contribution is -0.115. The summed E-state index contributed by atoms with van der Waals surface area (Å²) in [5.41, 5.74) is 4.79. The number of rotatable bonds is 6. The van der Waals surface area contributed by atoms with Gasteiger partial charge in [-0.15, -0.1) is 0 Å². The summed E-state index contributed by atoms with van der Waals surface area (Å²) in [5.74, 6) is -0.0751. The maximum atomic E-state index is 12.4. The topological polar surface area (TPSA) is 75.3 Å². The molecule has 0 bridgehead atoms. The predicted octanol–water partition coefficient (Wildman–Crippen LogP) is 3.65. The van der Waals surface area contributed by atoms with Crippen LogP contribution in [0.1, 0.15) is 42.0 Å². The molecule has 140 valence electrons. The van der Waals surface area contributed by atoms with E-state index < -0.39 is 15.9 Å². The van der Waals surface area contributed by atoms with Crippen LogP contribution in [0.4, 0.5) is 5.69 Å². The van der Waals surface area contributed by atoms with Crippen molar-refractivity contribution in [3.05, 3.63) is 58.7 Å². The maximum Gasteiger partial charge on any atom is 0.241 e. The number of benzene rings is 2. The number of carbonyl (C=O) groups is 1. The van der Waals surface area contributed by atoms with Gasteiger partial charge >= 0.3 is 0 Å². The molecular formula is C20H26N2O3S. The second kappa shape index (κ2) is 8.01. The molecule has 0 atom stereocenters. The Bertz CT molecular complexity index is 878. The van der Waals surface area contributed by atoms with Crippen LogP contribution in [0.25, 0.3) is 0 Å². The number of anilines is 1. The minimum atomic E-state index is -3.73. The smallest absolute Gasteiger partial charge is 0.241 e. The first-order chi connectivity index (χ1) is 12.1. The van der Waals surface area contributed by atoms with E-state index in [1.165, 1.54) is 0 Å². The van der Waals surface area contributed by atoms with E-state index in [1.807, 2.05) is 46.8 Å². The Kier molecular flexibility index (Phi) is 6.21. The van der Waals surface area contributed by atoms with Crippen LogP contribution in [0.3, 0.4) is 0 Å². The van der Waals surface area contributed by atoms with Crippen molar-refractivity contribution in [1.82, 2.24) is 4.72 Å². The van der Waals surface area contributed by atoms with Gasteiger partial charge in [0.15, 0.2) is 0 Å². The second-order valence-corrected chi connectivity index (χ2v) is 8.64. The summed E-state index contributed by atoms with van der Waals surface area (Å²) in [4.78, 5) is 12.3. The van der Waals surface area contributed by atoms with Crippen molar-refractivity contribution in [2.24, 2.45) is 0 Å². The van der Waals surface area contributed by atoms with Crippen LogP contribution < -0.4 is 10.0 Å². The summed E-state index contributed by atoms with van der Waals surface area (Å²) < 4.78 is 27.1. The Morgan fingerprint density at radius 3 is 2.04 bits per heavy atom. The van der Waals surface area contributed by atoms with Crippen LogP contribution in [-0.2, 0) is 14.8 Å². The molecule has 0 saturated heterocycles. The molecule has 5 nitrogen and oxygen atoms in total. The van der Waals surface area contributed by atoms with Gasteiger partial charge in [-0.05, 0) is 55.5 Å². The Morgan fingerprint density at radius 1 is 1.00 bits per heavy atom. The van der Waals surface area contributed by atoms with Crippen LogP contribution in [0.5, 0.6) is 0 Å². The van der Waals surface area contributed by atoms with Crippen LogP contribution in [0, 0.1) is 20.8 Å². The Hall–Kier alpha value is -2.18. The molecule has 0 fully saturated rings. The van der Waals surface area contributed by atoms with E-state index >= 15 is 0 Å². The molecule has 0 aromatic heterocycles. The number of aryl methyl sites for hydroxylation is 3. The molecule has 0 saturated carbocycles. The van der Waals surface area contributed by atoms with Crippen molar-refractivity contribution in [3.63, 3.8) is 0 Å². The molecule has 2 rings (SSSR count). The van der Waals surface area contributed by atoms with E-state index in [0.717, 1.165) is 27.9 Å². The molecule has 2 aromatic rings. The van der Waals surface area contributed by atoms with Gasteiger partial charge in [0.2, 0.25) is 15.9 Å². The zero-order valence-corrected chi connectivity index (χ0v) is 16.7. The second-order valence-electron chi connectivity index (χ2n) is 6.87. The fraction of sp³-hybridized carbons (Fsp3) is 0.350. The standard InChI is InChI=1S/C20H26N2O3S/c1-13(2)17-6-8-18(9-7-17)26(24,25)21-12-19(23)22-20-15(4)10-14(3)11-16(20)5/h6-11,13,21H,12H2,1-5H3,(H,22,23). The minimum Gasteiger partial charge on any atom is -0.324 e. The van der Waals surface area contributed by atoms with E-state index in [-0.39, 0.29) is 11.4 Å². The van der Waals surface area contributed by atoms with Crippen molar-refractivity contribution in [1.29, 1.82) is 0 Å². The third-order valence-corrected chi connectivity index (χ3v) is 5.64. The quantitative estimate of drug-likeness (QED) is 0.810. The highest BCUT2D eigenvalue weighted by atomic mass is 32.2. The molecule has 0 radical (unpaired) electrons. The van der Waals surface area contributed by atoms with Gasteiger partial charge in [0.05, 0.1) is 11.4 Å². The first-order valence-electron chi connectivity index (χ1n) is 8.57. The zero-order chi connectivity index (χ0) is 19.5. The van der Waals surface area contributed by atoms with Crippen LogP contribution >= 0.6 is 0 Å². The van der Waals surface area contributed by atoms with Gasteiger partial charge < -0.3 is 5.32 Å². The van der Waals surface area contributed by atoms with E-state index in [2.05, 4.69) is 10.0 Å². The molecular weight excluding hydrogens is 348 g/mol. The van der Waals surface area contributed by atoms with E-state index in [9.17, 15) is 13.2 Å². The van der Waals surface area contributed by atoms with Gasteiger partial charge in [-0.25, -0.2) is 13.1 Å². The summed E-state index contributed by atoms with van der Waals surface area (Å²) in [6.45, 7) is 9.58. The fourth-order valence-electron chi connectivity index (χ4n) is 2.84. The summed E-state index contributed by atoms with van der Waals surface area (Å²) in [5, 5.41) is 2.79. The molecule has 0 aliphatic heterocycles. The first kappa shape index (κ1) is 20.1. The Labute approximate surface area is 155 Å². The zero-order valence-electron chi connectivity index (χ0n) is 15.9. The first-order valence-corrected chi connectivity index (χ1v) is 10.1. The molecule has 0 aliphatic carbocycles. The fourth-order valence-corrected chi connectivity index (χ4v) is 3.82. The third-order valence-electron chi connectivity index (χ3n) is 4.22. The molecule has 2 N–H and O–H groups in total. The highest BCUT2D eigenvalue weighted by molar-refractivity contribution is 7.89. The Balaban J connectivity index is 2.04. The highest BCUT2D eigenvalue weighted by Gasteiger charge is 2.16. The van der Waals surface area contributed by atoms with Gasteiger partial charge in [0.1, 0.15) is 0 Å². The summed E-state index contributed by atoms with van der Waals surface area (Å²) in [6, 6.07) is 10.6. The third kappa shape index (κ3) is 4.93. The number of amides is 1. The van der Waals surface area contributed by atoms with Gasteiger partial charge in [-0.1, -0.05) is 43.7 Å². The lowest BCUT2D eigenvalue weighted by atomic mass is 10.0. The average molecular weight is 375 g/mol. The summed E-state index contributed by atoms with van der Waals surface area (Å²) in [6.07, 6.45) is 0. The van der Waals surface area contributed by atoms with Gasteiger partial charge in [-0.3, -0.25) is 4.79 Å². The van der Waals surface area contributed by atoms with Gasteiger partial charge in [0.25, 0.3) is 0 Å². The predicted molar refractivity (Wildman–Crippen MR) is 105 cm³/mol. The lowest BCUT2D eigenvalue weighted by Gasteiger charge is -2.13. The number of carbonyl (C=O) groups excluding carboxylic acids is 1. The van der Waals surface area contributed by atoms with Crippen molar-refractivity contribution in [2.45, 2.75) is 45.4 Å². The van der Waals surface area contributed by atoms with Crippen molar-refractivity contribution < 1.29 is 13.2 Å². The normalized spacial score (nSPS) is 11.6. The SMILES string of the molecule is Cc1cc(C)c(NC(=O)CNS(=O)(=O)c2ccc(C(C)C)cc2)c(C)c1. The average Bonchev–Trinajstić information content (AvgIpc) is 2.56. The molecule has 0 aliphatic rings. The monoisotopic (exact) mass is 374 g/mol. The number of hydrogen-bond donors (Lipinski definition) is 2. The van der Waals surface area contributed by atoms with E-state index in [1.54, 1.807) is 24.3 Å². The van der Waals surface area contributed by atoms with Crippen molar-refractivity contribution in [2.75, 3.05) is 11.9 Å². The molecule has 6 heteroatoms. The molecule has 26 heavy (non-hydrogen) atoms. The minimum absolute atomic E-state index is 0.150. The molecule has 0 heterocycles. The van der Waals surface area contributed by atoms with Gasteiger partial charge in [0, 0.05) is 5.69 Å². The number of nitrogens with one attached hydrogen (secondary N) is 2. The number of sulfonamides is 1. The lowest BCUT2D eigenvalue weighted by Crippen LogP contribution is -2.33. The number of hydrogen-bond acceptors (Lipinski definition) is 3. The largest absolute Gasteiger partial charge is 0.324 e. The molecule has 0 unspecified atom stereocenters. The van der Waals surface area contributed by atoms with E-state index in [0.29, 0.717) is 5.92 Å². The van der Waals surface area contributed by atoms with E-state index in [4.69, 9.17) is 0 Å². The Morgan fingerprint density at radius 2 is 1.54 bits per heavy atom. The van der Waals surface area contributed by atoms with Crippen LogP contribution in [0.15, 0.2) is 41.3 Å². The highest BCUT2D eigenvalue weighted by Crippen LogP contribution is 2.22. The molecule has 0 spiro atoms. The summed E-state index contributed by atoms with van der Waals surface area (Å²) in [7, 11) is -3.73. The maximum absolute atomic E-state index is 12.4. The molecule has 2 aromatic carbocycles. The van der Waals surface area contributed by atoms with Crippen molar-refractivity contribution >= 4 is 21.6 Å². The summed E-state index contributed by atoms with van der Waals surface area (Å²) >= 11 is 0.